The van der Waals surface area contributed by atoms with Gasteiger partial charge in [0.15, 0.2) is 0 Å². The van der Waals surface area contributed by atoms with Crippen LogP contribution in [0, 0.1) is 0 Å². The summed E-state index contributed by atoms with van der Waals surface area (Å²) in [5.41, 5.74) is 3.47. The van der Waals surface area contributed by atoms with E-state index < -0.39 is 0 Å². The summed E-state index contributed by atoms with van der Waals surface area (Å²) in [6, 6.07) is 14.2. The minimum Gasteiger partial charge on any atom is -0.497 e. The van der Waals surface area contributed by atoms with Crippen molar-refractivity contribution in [1.82, 2.24) is 9.88 Å². The number of aromatic amines is 1. The maximum absolute atomic E-state index is 13.0. The molecule has 152 valence electrons. The summed E-state index contributed by atoms with van der Waals surface area (Å²) in [5.74, 6) is 1.82. The molecule has 0 aliphatic carbocycles. The minimum absolute atomic E-state index is 0.0561. The van der Waals surface area contributed by atoms with Gasteiger partial charge in [0.05, 0.1) is 20.3 Å². The van der Waals surface area contributed by atoms with Crippen LogP contribution >= 0.6 is 0 Å². The van der Waals surface area contributed by atoms with E-state index in [0.717, 1.165) is 54.8 Å². The van der Waals surface area contributed by atoms with Crippen molar-refractivity contribution in [1.29, 1.82) is 0 Å². The van der Waals surface area contributed by atoms with E-state index in [9.17, 15) is 4.79 Å². The first kappa shape index (κ1) is 19.4. The molecule has 5 nitrogen and oxygen atoms in total. The number of rotatable bonds is 7. The molecule has 0 saturated carbocycles. The smallest absolute Gasteiger partial charge is 0.223 e. The highest BCUT2D eigenvalue weighted by molar-refractivity contribution is 5.83. The van der Waals surface area contributed by atoms with Gasteiger partial charge in [-0.15, -0.1) is 0 Å². The number of nitrogens with zero attached hydrogens (tertiary/aromatic N) is 1. The van der Waals surface area contributed by atoms with Crippen LogP contribution < -0.4 is 9.47 Å². The molecular formula is C24H28N2O3. The Labute approximate surface area is 171 Å². The fraction of sp³-hybridized carbons (Fsp3) is 0.375. The molecule has 1 aliphatic heterocycles. The van der Waals surface area contributed by atoms with Crippen molar-refractivity contribution in [2.45, 2.75) is 38.1 Å². The average molecular weight is 392 g/mol. The molecule has 1 N–H and O–H groups in total. The third-order valence-corrected chi connectivity index (χ3v) is 5.88. The highest BCUT2D eigenvalue weighted by Gasteiger charge is 2.31. The lowest BCUT2D eigenvalue weighted by atomic mass is 10.0. The van der Waals surface area contributed by atoms with E-state index in [1.807, 2.05) is 29.2 Å². The van der Waals surface area contributed by atoms with Gasteiger partial charge in [0.25, 0.3) is 0 Å². The predicted molar refractivity (Wildman–Crippen MR) is 114 cm³/mol. The number of amides is 1. The molecule has 1 aliphatic rings. The van der Waals surface area contributed by atoms with E-state index in [1.54, 1.807) is 14.2 Å². The van der Waals surface area contributed by atoms with E-state index in [4.69, 9.17) is 9.47 Å². The number of carbonyl (C=O) groups excluding carboxylic acids is 1. The van der Waals surface area contributed by atoms with Gasteiger partial charge in [-0.2, -0.15) is 0 Å². The highest BCUT2D eigenvalue weighted by atomic mass is 16.5. The first-order valence-corrected chi connectivity index (χ1v) is 10.3. The van der Waals surface area contributed by atoms with E-state index in [-0.39, 0.29) is 11.9 Å². The van der Waals surface area contributed by atoms with Gasteiger partial charge in [0, 0.05) is 35.6 Å². The van der Waals surface area contributed by atoms with Crippen molar-refractivity contribution in [3.8, 4) is 11.5 Å². The van der Waals surface area contributed by atoms with Crippen LogP contribution in [0.4, 0.5) is 0 Å². The van der Waals surface area contributed by atoms with Crippen LogP contribution in [0.25, 0.3) is 10.9 Å². The van der Waals surface area contributed by atoms with Crippen LogP contribution in [0.3, 0.4) is 0 Å². The zero-order valence-electron chi connectivity index (χ0n) is 17.1. The van der Waals surface area contributed by atoms with Crippen molar-refractivity contribution in [3.05, 3.63) is 59.8 Å². The highest BCUT2D eigenvalue weighted by Crippen LogP contribution is 2.39. The third kappa shape index (κ3) is 3.95. The van der Waals surface area contributed by atoms with Gasteiger partial charge in [-0.3, -0.25) is 4.79 Å². The number of fused-ring (bicyclic) bond motifs is 1. The standard InChI is InChI=1S/C24H28N2O3/c1-28-18-12-13-23(29-2)20(15-18)22-10-6-14-26(22)24(27)11-5-7-17-16-25-21-9-4-3-8-19(17)21/h3-4,8-9,12-13,15-16,22,25H,5-7,10-11,14H2,1-2H3. The predicted octanol–water partition coefficient (Wildman–Crippen LogP) is 4.87. The number of hydrogen-bond donors (Lipinski definition) is 1. The van der Waals surface area contributed by atoms with E-state index in [1.165, 1.54) is 10.9 Å². The Kier molecular flexibility index (Phi) is 5.74. The van der Waals surface area contributed by atoms with Crippen LogP contribution in [0.2, 0.25) is 0 Å². The molecule has 1 unspecified atom stereocenters. The van der Waals surface area contributed by atoms with Crippen LogP contribution in [0.1, 0.15) is 42.9 Å². The van der Waals surface area contributed by atoms with Crippen molar-refractivity contribution < 1.29 is 14.3 Å². The molecule has 5 heteroatoms. The lowest BCUT2D eigenvalue weighted by Gasteiger charge is -2.27. The molecule has 0 bridgehead atoms. The van der Waals surface area contributed by atoms with E-state index in [2.05, 4.69) is 29.4 Å². The Morgan fingerprint density at radius 3 is 2.86 bits per heavy atom. The zero-order valence-corrected chi connectivity index (χ0v) is 17.1. The van der Waals surface area contributed by atoms with Gasteiger partial charge in [-0.05, 0) is 55.5 Å². The van der Waals surface area contributed by atoms with Crippen molar-refractivity contribution in [2.75, 3.05) is 20.8 Å². The largest absolute Gasteiger partial charge is 0.497 e. The summed E-state index contributed by atoms with van der Waals surface area (Å²) in [6.45, 7) is 0.803. The van der Waals surface area contributed by atoms with Crippen LogP contribution in [0.5, 0.6) is 11.5 Å². The number of likely N-dealkylation sites (tertiary alicyclic amines) is 1. The maximum atomic E-state index is 13.0. The fourth-order valence-electron chi connectivity index (χ4n) is 4.40. The second-order valence-electron chi connectivity index (χ2n) is 7.57. The van der Waals surface area contributed by atoms with Gasteiger partial charge in [0.2, 0.25) is 5.91 Å². The Bertz CT molecular complexity index is 995. The summed E-state index contributed by atoms with van der Waals surface area (Å²) < 4.78 is 10.9. The van der Waals surface area contributed by atoms with Crippen molar-refractivity contribution >= 4 is 16.8 Å². The topological polar surface area (TPSA) is 54.6 Å². The van der Waals surface area contributed by atoms with Crippen LogP contribution in [0.15, 0.2) is 48.7 Å². The van der Waals surface area contributed by atoms with Crippen molar-refractivity contribution in [3.63, 3.8) is 0 Å². The minimum atomic E-state index is 0.0561. The quantitative estimate of drug-likeness (QED) is 0.624. The molecule has 29 heavy (non-hydrogen) atoms. The average Bonchev–Trinajstić information content (AvgIpc) is 3.41. The Morgan fingerprint density at radius 1 is 1.17 bits per heavy atom. The van der Waals surface area contributed by atoms with E-state index in [0.29, 0.717) is 6.42 Å². The van der Waals surface area contributed by atoms with Gasteiger partial charge < -0.3 is 19.4 Å². The molecule has 1 amide bonds. The number of aromatic nitrogens is 1. The molecule has 2 aromatic carbocycles. The monoisotopic (exact) mass is 392 g/mol. The molecule has 2 heterocycles. The van der Waals surface area contributed by atoms with Crippen molar-refractivity contribution in [2.24, 2.45) is 0 Å². The van der Waals surface area contributed by atoms with Crippen LogP contribution in [-0.4, -0.2) is 36.6 Å². The lowest BCUT2D eigenvalue weighted by Crippen LogP contribution is -2.30. The van der Waals surface area contributed by atoms with Gasteiger partial charge in [0.1, 0.15) is 11.5 Å². The number of hydrogen-bond acceptors (Lipinski definition) is 3. The second kappa shape index (κ2) is 8.60. The second-order valence-corrected chi connectivity index (χ2v) is 7.57. The molecule has 4 rings (SSSR count). The van der Waals surface area contributed by atoms with Gasteiger partial charge in [-0.25, -0.2) is 0 Å². The number of para-hydroxylation sites is 1. The molecule has 1 aromatic heterocycles. The molecule has 0 spiro atoms. The first-order chi connectivity index (χ1) is 14.2. The number of methoxy groups -OCH3 is 2. The van der Waals surface area contributed by atoms with Gasteiger partial charge >= 0.3 is 0 Å². The summed E-state index contributed by atoms with van der Waals surface area (Å²) in [4.78, 5) is 18.4. The Hall–Kier alpha value is -2.95. The number of aryl methyl sites for hydroxylation is 1. The van der Waals surface area contributed by atoms with Gasteiger partial charge in [-0.1, -0.05) is 18.2 Å². The lowest BCUT2D eigenvalue weighted by molar-refractivity contribution is -0.132. The molecule has 1 fully saturated rings. The van der Waals surface area contributed by atoms with E-state index >= 15 is 0 Å². The normalized spacial score (nSPS) is 16.3. The SMILES string of the molecule is COc1ccc(OC)c(C2CCCN2C(=O)CCCc2c[nH]c3ccccc23)c1. The number of nitrogens with one attached hydrogen (secondary N) is 1. The summed E-state index contributed by atoms with van der Waals surface area (Å²) in [7, 11) is 3.33. The molecule has 1 atom stereocenters. The number of benzene rings is 2. The number of carbonyl (C=O) groups is 1. The third-order valence-electron chi connectivity index (χ3n) is 5.88. The van der Waals surface area contributed by atoms with Crippen LogP contribution in [-0.2, 0) is 11.2 Å². The Morgan fingerprint density at radius 2 is 2.03 bits per heavy atom. The Balaban J connectivity index is 1.43. The molecule has 0 radical (unpaired) electrons. The summed E-state index contributed by atoms with van der Waals surface area (Å²) in [6.07, 6.45) is 6.34. The summed E-state index contributed by atoms with van der Waals surface area (Å²) in [5, 5.41) is 1.25. The molecule has 3 aromatic rings. The number of ether oxygens (including phenoxy) is 2. The summed E-state index contributed by atoms with van der Waals surface area (Å²) >= 11 is 0. The zero-order chi connectivity index (χ0) is 20.2. The maximum Gasteiger partial charge on any atom is 0.223 e. The number of H-pyrrole nitrogens is 1. The molecular weight excluding hydrogens is 364 g/mol. The molecule has 1 saturated heterocycles. The fourth-order valence-corrected chi connectivity index (χ4v) is 4.40. The first-order valence-electron chi connectivity index (χ1n) is 10.3.